The zero-order chi connectivity index (χ0) is 19.3. The van der Waals surface area contributed by atoms with Gasteiger partial charge in [0.2, 0.25) is 5.91 Å². The minimum Gasteiger partial charge on any atom is -0.352 e. The molecule has 1 N–H and O–H groups in total. The van der Waals surface area contributed by atoms with Gasteiger partial charge < -0.3 is 9.88 Å². The minimum absolute atomic E-state index is 0.0455. The molecular formula is C19H24N8O. The Balaban J connectivity index is 1.29. The molecule has 1 saturated heterocycles. The molecular weight excluding hydrogens is 356 g/mol. The molecule has 9 heteroatoms. The van der Waals surface area contributed by atoms with Gasteiger partial charge in [-0.3, -0.25) is 9.69 Å². The first kappa shape index (κ1) is 18.3. The molecule has 1 aliphatic rings. The fraction of sp³-hybridized carbons (Fsp3) is 0.421. The van der Waals surface area contributed by atoms with Crippen LogP contribution in [0.1, 0.15) is 24.2 Å². The van der Waals surface area contributed by atoms with Gasteiger partial charge >= 0.3 is 0 Å². The van der Waals surface area contributed by atoms with Crippen LogP contribution in [0.25, 0.3) is 5.82 Å². The molecule has 3 aromatic rings. The molecule has 3 aromatic heterocycles. The third-order valence-corrected chi connectivity index (χ3v) is 5.20. The lowest BCUT2D eigenvalue weighted by Gasteiger charge is -2.31. The number of nitrogens with zero attached hydrogens (tertiary/aromatic N) is 7. The van der Waals surface area contributed by atoms with E-state index >= 15 is 0 Å². The Morgan fingerprint density at radius 3 is 2.82 bits per heavy atom. The van der Waals surface area contributed by atoms with Crippen LogP contribution in [0.4, 0.5) is 0 Å². The summed E-state index contributed by atoms with van der Waals surface area (Å²) in [6, 6.07) is 3.80. The molecule has 0 aromatic carbocycles. The average Bonchev–Trinajstić information content (AvgIpc) is 3.39. The molecule has 0 aliphatic carbocycles. The molecule has 4 rings (SSSR count). The van der Waals surface area contributed by atoms with Crippen LogP contribution in [0.15, 0.2) is 43.4 Å². The van der Waals surface area contributed by atoms with Crippen LogP contribution in [0.3, 0.4) is 0 Å². The second kappa shape index (κ2) is 8.30. The largest absolute Gasteiger partial charge is 0.352 e. The monoisotopic (exact) mass is 380 g/mol. The number of hydrogen-bond acceptors (Lipinski definition) is 6. The van der Waals surface area contributed by atoms with Crippen LogP contribution < -0.4 is 5.32 Å². The SMILES string of the molecule is Cn1ccnc1CN1CCC(C(=O)NCc2cccnc2-n2cncn2)CC1. The van der Waals surface area contributed by atoms with Gasteiger partial charge in [0, 0.05) is 43.7 Å². The van der Waals surface area contributed by atoms with E-state index in [-0.39, 0.29) is 11.8 Å². The van der Waals surface area contributed by atoms with Gasteiger partial charge in [0.05, 0.1) is 6.54 Å². The van der Waals surface area contributed by atoms with Crippen LogP contribution in [0.5, 0.6) is 0 Å². The topological polar surface area (TPSA) is 93.8 Å². The van der Waals surface area contributed by atoms with Gasteiger partial charge in [0.25, 0.3) is 0 Å². The summed E-state index contributed by atoms with van der Waals surface area (Å²) >= 11 is 0. The number of amides is 1. The second-order valence-corrected chi connectivity index (χ2v) is 7.05. The molecule has 1 fully saturated rings. The van der Waals surface area contributed by atoms with Gasteiger partial charge in [0.1, 0.15) is 18.5 Å². The molecule has 146 valence electrons. The highest BCUT2D eigenvalue weighted by atomic mass is 16.1. The van der Waals surface area contributed by atoms with Crippen molar-refractivity contribution in [2.75, 3.05) is 13.1 Å². The lowest BCUT2D eigenvalue weighted by Crippen LogP contribution is -2.40. The zero-order valence-corrected chi connectivity index (χ0v) is 15.9. The number of aryl methyl sites for hydroxylation is 1. The van der Waals surface area contributed by atoms with Gasteiger partial charge in [-0.1, -0.05) is 6.07 Å². The predicted octanol–water partition coefficient (Wildman–Crippen LogP) is 0.924. The van der Waals surface area contributed by atoms with Crippen LogP contribution in [0, 0.1) is 5.92 Å². The summed E-state index contributed by atoms with van der Waals surface area (Å²) in [4.78, 5) is 27.7. The first-order valence-corrected chi connectivity index (χ1v) is 9.46. The fourth-order valence-corrected chi connectivity index (χ4v) is 3.52. The van der Waals surface area contributed by atoms with E-state index in [1.165, 1.54) is 6.33 Å². The van der Waals surface area contributed by atoms with E-state index in [1.807, 2.05) is 36.1 Å². The van der Waals surface area contributed by atoms with Crippen molar-refractivity contribution >= 4 is 5.91 Å². The molecule has 1 amide bonds. The Hall–Kier alpha value is -3.07. The normalized spacial score (nSPS) is 15.6. The van der Waals surface area contributed by atoms with Crippen molar-refractivity contribution in [3.8, 4) is 5.82 Å². The number of carbonyl (C=O) groups excluding carboxylic acids is 1. The Kier molecular flexibility index (Phi) is 5.43. The van der Waals surface area contributed by atoms with Crippen molar-refractivity contribution in [3.05, 3.63) is 54.8 Å². The third kappa shape index (κ3) is 4.09. The maximum Gasteiger partial charge on any atom is 0.223 e. The highest BCUT2D eigenvalue weighted by Gasteiger charge is 2.25. The van der Waals surface area contributed by atoms with Crippen LogP contribution in [0.2, 0.25) is 0 Å². The number of imidazole rings is 1. The lowest BCUT2D eigenvalue weighted by atomic mass is 9.96. The zero-order valence-electron chi connectivity index (χ0n) is 15.9. The van der Waals surface area contributed by atoms with Gasteiger partial charge in [-0.25, -0.2) is 19.6 Å². The summed E-state index contributed by atoms with van der Waals surface area (Å²) in [5, 5.41) is 7.19. The Morgan fingerprint density at radius 2 is 2.11 bits per heavy atom. The van der Waals surface area contributed by atoms with Crippen molar-refractivity contribution < 1.29 is 4.79 Å². The molecule has 28 heavy (non-hydrogen) atoms. The summed E-state index contributed by atoms with van der Waals surface area (Å²) < 4.78 is 3.65. The number of pyridine rings is 1. The van der Waals surface area contributed by atoms with E-state index in [4.69, 9.17) is 0 Å². The van der Waals surface area contributed by atoms with Crippen LogP contribution >= 0.6 is 0 Å². The first-order valence-electron chi connectivity index (χ1n) is 9.46. The molecule has 0 atom stereocenters. The van der Waals surface area contributed by atoms with E-state index in [2.05, 4.69) is 30.3 Å². The maximum atomic E-state index is 12.6. The highest BCUT2D eigenvalue weighted by molar-refractivity contribution is 5.78. The minimum atomic E-state index is 0.0455. The van der Waals surface area contributed by atoms with Crippen molar-refractivity contribution in [2.45, 2.75) is 25.9 Å². The standard InChI is InChI=1S/C19H24N8O/c1-25-10-7-21-17(25)12-26-8-4-15(5-9-26)19(28)23-11-16-3-2-6-22-18(16)27-14-20-13-24-27/h2-3,6-7,10,13-15H,4-5,8-9,11-12H2,1H3,(H,23,28). The fourth-order valence-electron chi connectivity index (χ4n) is 3.52. The quantitative estimate of drug-likeness (QED) is 0.684. The van der Waals surface area contributed by atoms with Crippen LogP contribution in [-0.4, -0.2) is 53.2 Å². The summed E-state index contributed by atoms with van der Waals surface area (Å²) in [6.45, 7) is 3.06. The van der Waals surface area contributed by atoms with Crippen molar-refractivity contribution in [1.82, 2.24) is 39.5 Å². The molecule has 4 heterocycles. The Labute approximate surface area is 163 Å². The molecule has 0 bridgehead atoms. The number of nitrogens with one attached hydrogen (secondary N) is 1. The number of hydrogen-bond donors (Lipinski definition) is 1. The summed E-state index contributed by atoms with van der Waals surface area (Å²) in [6.07, 6.45) is 10.3. The number of likely N-dealkylation sites (tertiary alicyclic amines) is 1. The Bertz CT molecular complexity index is 912. The Morgan fingerprint density at radius 1 is 1.25 bits per heavy atom. The lowest BCUT2D eigenvalue weighted by molar-refractivity contribution is -0.126. The van der Waals surface area contributed by atoms with Gasteiger partial charge in [-0.15, -0.1) is 0 Å². The molecule has 1 aliphatic heterocycles. The second-order valence-electron chi connectivity index (χ2n) is 7.05. The molecule has 0 radical (unpaired) electrons. The van der Waals surface area contributed by atoms with Gasteiger partial charge in [0.15, 0.2) is 5.82 Å². The molecule has 0 spiro atoms. The summed E-state index contributed by atoms with van der Waals surface area (Å²) in [5.74, 6) is 1.89. The first-order chi connectivity index (χ1) is 13.7. The van der Waals surface area contributed by atoms with E-state index in [1.54, 1.807) is 17.2 Å². The van der Waals surface area contributed by atoms with E-state index in [0.29, 0.717) is 12.4 Å². The van der Waals surface area contributed by atoms with E-state index in [9.17, 15) is 4.79 Å². The maximum absolute atomic E-state index is 12.6. The average molecular weight is 380 g/mol. The van der Waals surface area contributed by atoms with Crippen molar-refractivity contribution in [1.29, 1.82) is 0 Å². The molecule has 0 unspecified atom stereocenters. The number of rotatable bonds is 6. The van der Waals surface area contributed by atoms with Crippen molar-refractivity contribution in [3.63, 3.8) is 0 Å². The van der Waals surface area contributed by atoms with Crippen LogP contribution in [-0.2, 0) is 24.9 Å². The van der Waals surface area contributed by atoms with Gasteiger partial charge in [-0.2, -0.15) is 5.10 Å². The van der Waals surface area contributed by atoms with E-state index in [0.717, 1.165) is 43.9 Å². The van der Waals surface area contributed by atoms with Gasteiger partial charge in [-0.05, 0) is 32.0 Å². The summed E-state index contributed by atoms with van der Waals surface area (Å²) in [7, 11) is 2.01. The third-order valence-electron chi connectivity index (χ3n) is 5.20. The molecule has 9 nitrogen and oxygen atoms in total. The molecule has 0 saturated carbocycles. The predicted molar refractivity (Wildman–Crippen MR) is 102 cm³/mol. The number of piperidine rings is 1. The highest BCUT2D eigenvalue weighted by Crippen LogP contribution is 2.19. The summed E-state index contributed by atoms with van der Waals surface area (Å²) in [5.41, 5.74) is 0.911. The van der Waals surface area contributed by atoms with Crippen molar-refractivity contribution in [2.24, 2.45) is 13.0 Å². The number of aromatic nitrogens is 6. The smallest absolute Gasteiger partial charge is 0.223 e. The van der Waals surface area contributed by atoms with E-state index < -0.39 is 0 Å². The number of carbonyl (C=O) groups is 1.